The van der Waals surface area contributed by atoms with Crippen LogP contribution in [0.4, 0.5) is 4.79 Å². The standard InChI is InChI=1S/C24H29N3O5/c1-7-32-21(29)20-15(5)25-14(4)19(20)18(28)12-27-22(30)24(6,26-23(27)31)17-10-8-16(9-11-17)13(2)3/h8-11,13,25H,7,12H2,1-6H3,(H,26,31). The third-order valence-electron chi connectivity index (χ3n) is 5.86. The number of aryl methyl sites for hydroxylation is 2. The molecular weight excluding hydrogens is 410 g/mol. The summed E-state index contributed by atoms with van der Waals surface area (Å²) in [5.74, 6) is -1.32. The maximum Gasteiger partial charge on any atom is 0.340 e. The van der Waals surface area contributed by atoms with Crippen LogP contribution in [-0.4, -0.2) is 46.7 Å². The molecule has 1 aromatic heterocycles. The Morgan fingerprint density at radius 1 is 1.06 bits per heavy atom. The lowest BCUT2D eigenvalue weighted by molar-refractivity contribution is -0.130. The molecule has 2 aromatic rings. The van der Waals surface area contributed by atoms with E-state index in [9.17, 15) is 19.2 Å². The van der Waals surface area contributed by atoms with Crippen molar-refractivity contribution in [3.8, 4) is 0 Å². The number of carbonyl (C=O) groups excluding carboxylic acids is 4. The summed E-state index contributed by atoms with van der Waals surface area (Å²) in [5, 5.41) is 2.72. The predicted molar refractivity (Wildman–Crippen MR) is 119 cm³/mol. The summed E-state index contributed by atoms with van der Waals surface area (Å²) >= 11 is 0. The third-order valence-corrected chi connectivity index (χ3v) is 5.86. The number of hydrogen-bond acceptors (Lipinski definition) is 5. The first-order valence-corrected chi connectivity index (χ1v) is 10.6. The van der Waals surface area contributed by atoms with Gasteiger partial charge in [-0.1, -0.05) is 38.1 Å². The monoisotopic (exact) mass is 439 g/mol. The summed E-state index contributed by atoms with van der Waals surface area (Å²) in [6.45, 7) is 10.5. The van der Waals surface area contributed by atoms with Gasteiger partial charge in [-0.15, -0.1) is 0 Å². The molecule has 8 nitrogen and oxygen atoms in total. The molecule has 0 bridgehead atoms. The number of nitrogens with one attached hydrogen (secondary N) is 2. The number of imide groups is 1. The smallest absolute Gasteiger partial charge is 0.340 e. The predicted octanol–water partition coefficient (Wildman–Crippen LogP) is 3.58. The second-order valence-corrected chi connectivity index (χ2v) is 8.49. The molecule has 2 N–H and O–H groups in total. The first-order valence-electron chi connectivity index (χ1n) is 10.6. The molecule has 2 heterocycles. The van der Waals surface area contributed by atoms with Crippen molar-refractivity contribution in [2.45, 2.75) is 53.0 Å². The fourth-order valence-corrected chi connectivity index (χ4v) is 4.05. The number of Topliss-reactive ketones (excluding diaryl/α,β-unsaturated/α-hetero) is 1. The lowest BCUT2D eigenvalue weighted by Crippen LogP contribution is -2.41. The van der Waals surface area contributed by atoms with Gasteiger partial charge in [-0.3, -0.25) is 14.5 Å². The number of esters is 1. The van der Waals surface area contributed by atoms with Gasteiger partial charge in [0, 0.05) is 11.4 Å². The Labute approximate surface area is 187 Å². The topological polar surface area (TPSA) is 109 Å². The number of urea groups is 1. The second-order valence-electron chi connectivity index (χ2n) is 8.49. The van der Waals surface area contributed by atoms with Crippen molar-refractivity contribution in [2.75, 3.05) is 13.2 Å². The normalized spacial score (nSPS) is 18.3. The van der Waals surface area contributed by atoms with Crippen LogP contribution in [0.5, 0.6) is 0 Å². The first kappa shape index (κ1) is 23.2. The number of ether oxygens (including phenoxy) is 1. The molecular formula is C24H29N3O5. The molecule has 170 valence electrons. The van der Waals surface area contributed by atoms with Crippen LogP contribution < -0.4 is 5.32 Å². The number of H-pyrrole nitrogens is 1. The Morgan fingerprint density at radius 3 is 2.22 bits per heavy atom. The van der Waals surface area contributed by atoms with E-state index in [-0.39, 0.29) is 17.7 Å². The zero-order valence-corrected chi connectivity index (χ0v) is 19.3. The van der Waals surface area contributed by atoms with Crippen LogP contribution >= 0.6 is 0 Å². The highest BCUT2D eigenvalue weighted by molar-refractivity contribution is 6.14. The van der Waals surface area contributed by atoms with Crippen molar-refractivity contribution in [2.24, 2.45) is 0 Å². The van der Waals surface area contributed by atoms with Crippen molar-refractivity contribution in [1.82, 2.24) is 15.2 Å². The van der Waals surface area contributed by atoms with E-state index in [1.54, 1.807) is 27.7 Å². The third kappa shape index (κ3) is 3.92. The molecule has 0 spiro atoms. The van der Waals surface area contributed by atoms with Gasteiger partial charge in [-0.25, -0.2) is 9.59 Å². The van der Waals surface area contributed by atoms with Crippen LogP contribution in [0.15, 0.2) is 24.3 Å². The SMILES string of the molecule is CCOC(=O)c1c(C)[nH]c(C)c1C(=O)CN1C(=O)NC(C)(c2ccc(C(C)C)cc2)C1=O. The number of carbonyl (C=O) groups is 4. The first-order chi connectivity index (χ1) is 15.0. The maximum absolute atomic E-state index is 13.2. The molecule has 3 rings (SSSR count). The fourth-order valence-electron chi connectivity index (χ4n) is 4.05. The van der Waals surface area contributed by atoms with Gasteiger partial charge in [0.2, 0.25) is 0 Å². The van der Waals surface area contributed by atoms with Crippen molar-refractivity contribution in [1.29, 1.82) is 0 Å². The molecule has 1 aliphatic rings. The Balaban J connectivity index is 1.88. The molecule has 1 atom stereocenters. The van der Waals surface area contributed by atoms with E-state index in [4.69, 9.17) is 4.74 Å². The number of amides is 3. The zero-order valence-electron chi connectivity index (χ0n) is 19.3. The van der Waals surface area contributed by atoms with Gasteiger partial charge in [-0.05, 0) is 44.7 Å². The molecule has 1 saturated heterocycles. The Kier molecular flexibility index (Phi) is 6.25. The Morgan fingerprint density at radius 2 is 1.66 bits per heavy atom. The van der Waals surface area contributed by atoms with Crippen LogP contribution in [0.25, 0.3) is 0 Å². The Bertz CT molecular complexity index is 1080. The lowest BCUT2D eigenvalue weighted by atomic mass is 9.90. The minimum absolute atomic E-state index is 0.133. The number of benzene rings is 1. The van der Waals surface area contributed by atoms with E-state index in [1.807, 2.05) is 24.3 Å². The van der Waals surface area contributed by atoms with Gasteiger partial charge in [-0.2, -0.15) is 0 Å². The number of ketones is 1. The largest absolute Gasteiger partial charge is 0.462 e. The van der Waals surface area contributed by atoms with Crippen molar-refractivity contribution < 1.29 is 23.9 Å². The summed E-state index contributed by atoms with van der Waals surface area (Å²) in [5.41, 5.74) is 1.72. The van der Waals surface area contributed by atoms with Gasteiger partial charge in [0.05, 0.1) is 24.3 Å². The molecule has 1 unspecified atom stereocenters. The average Bonchev–Trinajstić information content (AvgIpc) is 3.15. The molecule has 3 amide bonds. The summed E-state index contributed by atoms with van der Waals surface area (Å²) in [6.07, 6.45) is 0. The van der Waals surface area contributed by atoms with E-state index in [0.29, 0.717) is 22.9 Å². The van der Waals surface area contributed by atoms with Gasteiger partial charge in [0.25, 0.3) is 5.91 Å². The van der Waals surface area contributed by atoms with Crippen LogP contribution in [0.2, 0.25) is 0 Å². The zero-order chi connectivity index (χ0) is 23.8. The van der Waals surface area contributed by atoms with Gasteiger partial charge in [0.15, 0.2) is 5.78 Å². The number of aromatic nitrogens is 1. The summed E-state index contributed by atoms with van der Waals surface area (Å²) in [6, 6.07) is 6.84. The van der Waals surface area contributed by atoms with Crippen LogP contribution in [0.3, 0.4) is 0 Å². The number of aromatic amines is 1. The quantitative estimate of drug-likeness (QED) is 0.389. The van der Waals surface area contributed by atoms with Gasteiger partial charge >= 0.3 is 12.0 Å². The molecule has 1 aliphatic heterocycles. The summed E-state index contributed by atoms with van der Waals surface area (Å²) < 4.78 is 5.07. The number of hydrogen-bond donors (Lipinski definition) is 2. The molecule has 0 radical (unpaired) electrons. The highest BCUT2D eigenvalue weighted by Gasteiger charge is 2.49. The van der Waals surface area contributed by atoms with Gasteiger partial charge in [0.1, 0.15) is 5.54 Å². The minimum atomic E-state index is -1.28. The van der Waals surface area contributed by atoms with E-state index < -0.39 is 35.8 Å². The number of rotatable bonds is 7. The fraction of sp³-hybridized carbons (Fsp3) is 0.417. The molecule has 0 saturated carbocycles. The molecule has 0 aliphatic carbocycles. The molecule has 8 heteroatoms. The highest BCUT2D eigenvalue weighted by atomic mass is 16.5. The van der Waals surface area contributed by atoms with Crippen molar-refractivity contribution >= 4 is 23.7 Å². The van der Waals surface area contributed by atoms with Crippen LogP contribution in [0.1, 0.15) is 76.8 Å². The highest BCUT2D eigenvalue weighted by Crippen LogP contribution is 2.30. The van der Waals surface area contributed by atoms with Gasteiger partial charge < -0.3 is 15.0 Å². The van der Waals surface area contributed by atoms with E-state index in [2.05, 4.69) is 24.1 Å². The van der Waals surface area contributed by atoms with E-state index in [0.717, 1.165) is 10.5 Å². The molecule has 32 heavy (non-hydrogen) atoms. The molecule has 1 aromatic carbocycles. The minimum Gasteiger partial charge on any atom is -0.462 e. The van der Waals surface area contributed by atoms with E-state index >= 15 is 0 Å². The maximum atomic E-state index is 13.2. The Hall–Kier alpha value is -3.42. The molecule has 1 fully saturated rings. The van der Waals surface area contributed by atoms with Crippen molar-refractivity contribution in [3.63, 3.8) is 0 Å². The van der Waals surface area contributed by atoms with E-state index in [1.165, 1.54) is 0 Å². The van der Waals surface area contributed by atoms with Crippen molar-refractivity contribution in [3.05, 3.63) is 57.9 Å². The average molecular weight is 440 g/mol. The van der Waals surface area contributed by atoms with Crippen LogP contribution in [0, 0.1) is 13.8 Å². The summed E-state index contributed by atoms with van der Waals surface area (Å²) in [7, 11) is 0. The van der Waals surface area contributed by atoms with Crippen LogP contribution in [-0.2, 0) is 15.1 Å². The lowest BCUT2D eigenvalue weighted by Gasteiger charge is -2.22. The second kappa shape index (κ2) is 8.61. The summed E-state index contributed by atoms with van der Waals surface area (Å²) in [4.78, 5) is 55.3. The number of nitrogens with zero attached hydrogens (tertiary/aromatic N) is 1.